The first-order valence-corrected chi connectivity index (χ1v) is 13.8. The van der Waals surface area contributed by atoms with E-state index in [0.29, 0.717) is 0 Å². The number of rotatable bonds is 5. The average Bonchev–Trinajstić information content (AvgIpc) is 3.43. The Morgan fingerprint density at radius 1 is 1.16 bits per heavy atom. The highest BCUT2D eigenvalue weighted by atomic mass is 19.1. The van der Waals surface area contributed by atoms with E-state index in [2.05, 4.69) is 0 Å². The highest BCUT2D eigenvalue weighted by molar-refractivity contribution is 6.01. The van der Waals surface area contributed by atoms with Gasteiger partial charge >= 0.3 is 11.9 Å². The molecule has 5 aliphatic carbocycles. The molecule has 210 valence electrons. The summed E-state index contributed by atoms with van der Waals surface area (Å²) < 4.78 is 57.3. The molecular weight excluding hydrogens is 501 g/mol. The summed E-state index contributed by atoms with van der Waals surface area (Å²) in [6.07, 6.45) is 3.84. The van der Waals surface area contributed by atoms with Crippen LogP contribution < -0.4 is 0 Å². The molecule has 0 amide bonds. The topological polar surface area (TPSA) is 89.9 Å². The average molecular weight is 539 g/mol. The van der Waals surface area contributed by atoms with E-state index >= 15 is 8.78 Å². The highest BCUT2D eigenvalue weighted by Gasteiger charge is 2.78. The normalized spacial score (nSPS) is 46.1. The summed E-state index contributed by atoms with van der Waals surface area (Å²) in [5.74, 6) is -4.39. The van der Waals surface area contributed by atoms with E-state index in [0.717, 1.165) is 31.8 Å². The minimum Gasteiger partial charge on any atom is -0.446 e. The number of carbonyl (C=O) groups is 3. The van der Waals surface area contributed by atoms with Gasteiger partial charge in [-0.1, -0.05) is 32.8 Å². The third-order valence-electron chi connectivity index (χ3n) is 10.9. The Kier molecular flexibility index (Phi) is 6.64. The highest BCUT2D eigenvalue weighted by Crippen LogP contribution is 2.71. The van der Waals surface area contributed by atoms with Crippen molar-refractivity contribution in [3.05, 3.63) is 23.8 Å². The van der Waals surface area contributed by atoms with Crippen LogP contribution in [0.3, 0.4) is 0 Å². The molecule has 9 atom stereocenters. The second kappa shape index (κ2) is 9.20. The number of fused-ring (bicyclic) bond motifs is 5. The van der Waals surface area contributed by atoms with Crippen molar-refractivity contribution in [1.29, 1.82) is 0 Å². The molecule has 9 heteroatoms. The fourth-order valence-corrected chi connectivity index (χ4v) is 9.05. The Labute approximate surface area is 221 Å². The molecule has 5 rings (SSSR count). The molecular formula is C29H37F3O6. The molecule has 5 aliphatic rings. The van der Waals surface area contributed by atoms with Gasteiger partial charge in [-0.25, -0.2) is 18.0 Å². The number of ether oxygens (including phenoxy) is 2. The monoisotopic (exact) mass is 538 g/mol. The molecule has 0 bridgehead atoms. The van der Waals surface area contributed by atoms with Gasteiger partial charge < -0.3 is 14.6 Å². The molecule has 38 heavy (non-hydrogen) atoms. The molecule has 0 saturated heterocycles. The summed E-state index contributed by atoms with van der Waals surface area (Å²) in [7, 11) is 0. The number of carbonyl (C=O) groups excluding carboxylic acids is 3. The Balaban J connectivity index is 1.57. The van der Waals surface area contributed by atoms with Crippen LogP contribution in [0.5, 0.6) is 0 Å². The Bertz CT molecular complexity index is 1080. The number of hydrogen-bond acceptors (Lipinski definition) is 6. The quantitative estimate of drug-likeness (QED) is 0.502. The van der Waals surface area contributed by atoms with Crippen molar-refractivity contribution in [2.24, 2.45) is 34.5 Å². The van der Waals surface area contributed by atoms with Gasteiger partial charge in [0.2, 0.25) is 12.5 Å². The second-order valence-corrected chi connectivity index (χ2v) is 12.6. The Morgan fingerprint density at radius 2 is 1.84 bits per heavy atom. The predicted octanol–water partition coefficient (Wildman–Crippen LogP) is 4.88. The van der Waals surface area contributed by atoms with Crippen molar-refractivity contribution in [2.75, 3.05) is 6.86 Å². The van der Waals surface area contributed by atoms with Crippen LogP contribution in [0.2, 0.25) is 0 Å². The summed E-state index contributed by atoms with van der Waals surface area (Å²) in [6.45, 7) is 3.40. The molecule has 0 radical (unpaired) electrons. The van der Waals surface area contributed by atoms with Crippen molar-refractivity contribution in [1.82, 2.24) is 0 Å². The van der Waals surface area contributed by atoms with Gasteiger partial charge in [0.1, 0.15) is 6.17 Å². The maximum absolute atomic E-state index is 17.4. The summed E-state index contributed by atoms with van der Waals surface area (Å²) in [5.41, 5.74) is -7.20. The van der Waals surface area contributed by atoms with Crippen LogP contribution in [0.25, 0.3) is 0 Å². The van der Waals surface area contributed by atoms with Crippen LogP contribution in [0.1, 0.15) is 72.1 Å². The minimum absolute atomic E-state index is 0.00328. The van der Waals surface area contributed by atoms with Gasteiger partial charge in [0, 0.05) is 29.1 Å². The number of halogens is 3. The lowest BCUT2D eigenvalue weighted by atomic mass is 9.44. The fraction of sp³-hybridized carbons (Fsp3) is 0.759. The molecule has 0 aromatic heterocycles. The lowest BCUT2D eigenvalue weighted by molar-refractivity contribution is -0.240. The Morgan fingerprint density at radius 3 is 2.50 bits per heavy atom. The summed E-state index contributed by atoms with van der Waals surface area (Å²) in [5, 5.41) is 11.5. The maximum atomic E-state index is 17.4. The Hall–Kier alpha value is -2.16. The van der Waals surface area contributed by atoms with Gasteiger partial charge in [-0.15, -0.1) is 0 Å². The van der Waals surface area contributed by atoms with E-state index in [9.17, 15) is 23.9 Å². The minimum atomic E-state index is -2.34. The molecule has 0 unspecified atom stereocenters. The van der Waals surface area contributed by atoms with Crippen molar-refractivity contribution >= 4 is 17.7 Å². The number of aliphatic hydroxyl groups is 1. The van der Waals surface area contributed by atoms with E-state index < -0.39 is 76.7 Å². The summed E-state index contributed by atoms with van der Waals surface area (Å²) in [4.78, 5) is 38.7. The molecule has 4 fully saturated rings. The van der Waals surface area contributed by atoms with Crippen LogP contribution in [-0.4, -0.2) is 53.2 Å². The summed E-state index contributed by atoms with van der Waals surface area (Å²) >= 11 is 0. The standard InChI is InChI=1S/C29H37F3O6/c1-16-10-19-20-13-22(31)21-12-18(33)8-9-26(21,2)28(20,32)23(34)14-27(19,3)29(16,25(36)37-15-30)38-24(35)11-17-6-4-5-7-17/h8-9,12,16-17,19-20,22-23,34H,4-7,10-11,13-15H2,1-3H3/t16-,19+,20+,22+,23+,26+,27+,28+,29+/m1/s1. The van der Waals surface area contributed by atoms with Crippen molar-refractivity contribution in [3.63, 3.8) is 0 Å². The second-order valence-electron chi connectivity index (χ2n) is 12.6. The molecule has 0 heterocycles. The third-order valence-corrected chi connectivity index (χ3v) is 10.9. The zero-order valence-corrected chi connectivity index (χ0v) is 22.2. The van der Waals surface area contributed by atoms with Crippen LogP contribution in [0.15, 0.2) is 23.8 Å². The van der Waals surface area contributed by atoms with E-state index in [1.165, 1.54) is 19.1 Å². The fourth-order valence-electron chi connectivity index (χ4n) is 9.05. The van der Waals surface area contributed by atoms with Gasteiger partial charge in [0.25, 0.3) is 0 Å². The molecule has 0 aromatic rings. The van der Waals surface area contributed by atoms with Gasteiger partial charge in [-0.2, -0.15) is 0 Å². The van der Waals surface area contributed by atoms with Gasteiger partial charge in [0.15, 0.2) is 11.5 Å². The molecule has 1 N–H and O–H groups in total. The molecule has 0 aromatic carbocycles. The molecule has 0 spiro atoms. The van der Waals surface area contributed by atoms with E-state index in [1.54, 1.807) is 13.8 Å². The van der Waals surface area contributed by atoms with Crippen molar-refractivity contribution in [2.45, 2.75) is 95.7 Å². The van der Waals surface area contributed by atoms with Crippen molar-refractivity contribution in [3.8, 4) is 0 Å². The predicted molar refractivity (Wildman–Crippen MR) is 131 cm³/mol. The van der Waals surface area contributed by atoms with Gasteiger partial charge in [-0.3, -0.25) is 9.59 Å². The van der Waals surface area contributed by atoms with E-state index in [1.807, 2.05) is 0 Å². The van der Waals surface area contributed by atoms with E-state index in [-0.39, 0.29) is 37.2 Å². The third kappa shape index (κ3) is 3.52. The SMILES string of the molecule is C[C@@H]1C[C@H]2[C@@H]3C[C@H](F)C4=CC(=O)C=C[C@]4(C)[C@@]3(F)[C@@H](O)C[C@]2(C)[C@@]1(OC(=O)CC1CCCC1)C(=O)OCF. The van der Waals surface area contributed by atoms with Crippen LogP contribution >= 0.6 is 0 Å². The number of hydrogen-bond donors (Lipinski definition) is 1. The van der Waals surface area contributed by atoms with Crippen molar-refractivity contribution < 1.29 is 42.1 Å². The van der Waals surface area contributed by atoms with Crippen LogP contribution in [0.4, 0.5) is 13.2 Å². The number of aliphatic hydroxyl groups excluding tert-OH is 1. The molecule has 0 aliphatic heterocycles. The van der Waals surface area contributed by atoms with Crippen LogP contribution in [-0.2, 0) is 23.9 Å². The number of allylic oxidation sites excluding steroid dienone is 4. The first-order chi connectivity index (χ1) is 17.8. The number of ketones is 1. The molecule has 6 nitrogen and oxygen atoms in total. The maximum Gasteiger partial charge on any atom is 0.353 e. The van der Waals surface area contributed by atoms with E-state index in [4.69, 9.17) is 9.47 Å². The van der Waals surface area contributed by atoms with Gasteiger partial charge in [-0.05, 0) is 68.6 Å². The lowest BCUT2D eigenvalue weighted by Crippen LogP contribution is -2.71. The first kappa shape index (κ1) is 27.4. The smallest absolute Gasteiger partial charge is 0.353 e. The first-order valence-electron chi connectivity index (χ1n) is 13.8. The number of alkyl halides is 3. The number of esters is 2. The zero-order valence-electron chi connectivity index (χ0n) is 22.2. The largest absolute Gasteiger partial charge is 0.446 e. The van der Waals surface area contributed by atoms with Crippen LogP contribution in [0, 0.1) is 34.5 Å². The molecule has 4 saturated carbocycles. The summed E-state index contributed by atoms with van der Waals surface area (Å²) in [6, 6.07) is 0. The zero-order chi connectivity index (χ0) is 27.7. The van der Waals surface area contributed by atoms with Gasteiger partial charge in [0.05, 0.1) is 6.10 Å². The lowest BCUT2D eigenvalue weighted by Gasteiger charge is -2.63.